The Kier molecular flexibility index (Phi) is 8.35. The van der Waals surface area contributed by atoms with E-state index >= 15 is 0 Å². The molecule has 5 atom stereocenters. The minimum absolute atomic E-state index is 0.362. The van der Waals surface area contributed by atoms with E-state index in [0.29, 0.717) is 0 Å². The van der Waals surface area contributed by atoms with Gasteiger partial charge in [-0.1, -0.05) is 0 Å². The van der Waals surface area contributed by atoms with Crippen molar-refractivity contribution in [1.29, 1.82) is 0 Å². The molecule has 0 aromatic heterocycles. The highest BCUT2D eigenvalue weighted by molar-refractivity contribution is 5.74. The lowest BCUT2D eigenvalue weighted by Crippen LogP contribution is -2.66. The Bertz CT molecular complexity index is 633. The average Bonchev–Trinajstić information content (AvgIpc) is 2.53. The van der Waals surface area contributed by atoms with Crippen LogP contribution in [-0.4, -0.2) is 79.0 Å². The van der Waals surface area contributed by atoms with Gasteiger partial charge in [0, 0.05) is 41.7 Å². The summed E-state index contributed by atoms with van der Waals surface area (Å²) in [5.74, 6) is -3.22. The van der Waals surface area contributed by atoms with Gasteiger partial charge in [-0.3, -0.25) is 24.0 Å². The fourth-order valence-corrected chi connectivity index (χ4v) is 2.76. The van der Waals surface area contributed by atoms with Crippen LogP contribution in [0.1, 0.15) is 34.6 Å². The molecule has 1 rings (SSSR count). The minimum atomic E-state index is -1.36. The number of carbonyl (C=O) groups is 5. The van der Waals surface area contributed by atoms with Gasteiger partial charge in [-0.2, -0.15) is 0 Å². The summed E-state index contributed by atoms with van der Waals surface area (Å²) in [6, 6.07) is -1.11. The van der Waals surface area contributed by atoms with Crippen molar-refractivity contribution in [2.45, 2.75) is 65.3 Å². The Morgan fingerprint density at radius 2 is 1.29 bits per heavy atom. The zero-order valence-corrected chi connectivity index (χ0v) is 16.6. The zero-order chi connectivity index (χ0) is 21.6. The van der Waals surface area contributed by atoms with Gasteiger partial charge in [-0.15, -0.1) is 0 Å². The average molecular weight is 403 g/mol. The lowest BCUT2D eigenvalue weighted by molar-refractivity contribution is -0.282. The summed E-state index contributed by atoms with van der Waals surface area (Å²) >= 11 is 0. The summed E-state index contributed by atoms with van der Waals surface area (Å²) in [6.07, 6.45) is -4.94. The van der Waals surface area contributed by atoms with Crippen molar-refractivity contribution >= 4 is 29.8 Å². The lowest BCUT2D eigenvalue weighted by Gasteiger charge is -2.47. The molecule has 1 saturated heterocycles. The van der Waals surface area contributed by atoms with Crippen LogP contribution in [-0.2, 0) is 47.7 Å². The molecule has 0 bridgehead atoms. The molecule has 28 heavy (non-hydrogen) atoms. The number of likely N-dealkylation sites (N-methyl/N-ethyl adjacent to an activating group) is 1. The van der Waals surface area contributed by atoms with E-state index in [1.54, 1.807) is 0 Å². The first-order valence-corrected chi connectivity index (χ1v) is 8.47. The van der Waals surface area contributed by atoms with Crippen LogP contribution < -0.4 is 0 Å². The summed E-state index contributed by atoms with van der Waals surface area (Å²) in [7, 11) is 1.39. The molecular formula is C17H25NO10. The number of amides is 1. The summed E-state index contributed by atoms with van der Waals surface area (Å²) in [6.45, 7) is 5.46. The molecule has 0 unspecified atom stereocenters. The van der Waals surface area contributed by atoms with Crippen molar-refractivity contribution in [2.24, 2.45) is 0 Å². The first kappa shape index (κ1) is 23.3. The standard InChI is InChI=1S/C17H25NO10/c1-8(19)18(6)14-16(26-11(4)22)15(25-10(3)21)13(7-24-9(2)20)28-17(14)27-12(5)23/h13-17H,7H2,1-6H3/t13-,14-,15+,16+,17-/m0/s1. The number of nitrogens with zero attached hydrogens (tertiary/aromatic N) is 1. The van der Waals surface area contributed by atoms with E-state index in [1.165, 1.54) is 20.9 Å². The molecule has 0 aromatic rings. The van der Waals surface area contributed by atoms with E-state index in [1.807, 2.05) is 0 Å². The quantitative estimate of drug-likeness (QED) is 0.424. The van der Waals surface area contributed by atoms with E-state index in [9.17, 15) is 24.0 Å². The van der Waals surface area contributed by atoms with Gasteiger partial charge in [0.05, 0.1) is 0 Å². The molecule has 0 saturated carbocycles. The van der Waals surface area contributed by atoms with Gasteiger partial charge in [0.2, 0.25) is 12.2 Å². The van der Waals surface area contributed by atoms with Gasteiger partial charge >= 0.3 is 23.9 Å². The molecule has 1 amide bonds. The fraction of sp³-hybridized carbons (Fsp3) is 0.706. The van der Waals surface area contributed by atoms with Crippen LogP contribution in [0.3, 0.4) is 0 Å². The Hall–Kier alpha value is -2.69. The first-order valence-electron chi connectivity index (χ1n) is 8.47. The molecule has 1 heterocycles. The highest BCUT2D eigenvalue weighted by Gasteiger charge is 2.53. The molecule has 11 nitrogen and oxygen atoms in total. The molecule has 1 aliphatic rings. The SMILES string of the molecule is CC(=O)OC[C@@H]1O[C@H](OC(C)=O)[C@@H](N(C)C(C)=O)[C@@H](OC(C)=O)[C@@H]1OC(C)=O. The van der Waals surface area contributed by atoms with Crippen molar-refractivity contribution in [3.05, 3.63) is 0 Å². The zero-order valence-electron chi connectivity index (χ0n) is 16.6. The molecule has 11 heteroatoms. The topological polar surface area (TPSA) is 135 Å². The second-order valence-corrected chi connectivity index (χ2v) is 6.22. The summed E-state index contributed by atoms with van der Waals surface area (Å²) in [5, 5.41) is 0. The first-order chi connectivity index (χ1) is 12.9. The molecule has 0 radical (unpaired) electrons. The third-order valence-electron chi connectivity index (χ3n) is 3.90. The maximum Gasteiger partial charge on any atom is 0.305 e. The third-order valence-corrected chi connectivity index (χ3v) is 3.90. The highest BCUT2D eigenvalue weighted by atomic mass is 16.7. The van der Waals surface area contributed by atoms with E-state index in [0.717, 1.165) is 25.7 Å². The maximum atomic E-state index is 11.9. The van der Waals surface area contributed by atoms with Gasteiger partial charge < -0.3 is 28.6 Å². The number of ether oxygens (including phenoxy) is 5. The number of hydrogen-bond acceptors (Lipinski definition) is 10. The van der Waals surface area contributed by atoms with Crippen LogP contribution in [0.15, 0.2) is 0 Å². The maximum absolute atomic E-state index is 11.9. The Morgan fingerprint density at radius 1 is 0.786 bits per heavy atom. The van der Waals surface area contributed by atoms with Crippen LogP contribution >= 0.6 is 0 Å². The normalized spacial score (nSPS) is 26.6. The summed E-state index contributed by atoms with van der Waals surface area (Å²) < 4.78 is 26.3. The van der Waals surface area contributed by atoms with Crippen LogP contribution in [0.25, 0.3) is 0 Å². The van der Waals surface area contributed by atoms with Crippen molar-refractivity contribution < 1.29 is 47.7 Å². The molecule has 1 fully saturated rings. The van der Waals surface area contributed by atoms with Crippen molar-refractivity contribution in [3.63, 3.8) is 0 Å². The summed E-state index contributed by atoms with van der Waals surface area (Å²) in [5.41, 5.74) is 0. The van der Waals surface area contributed by atoms with E-state index in [4.69, 9.17) is 23.7 Å². The predicted octanol–water partition coefficient (Wildman–Crippen LogP) is -0.452. The second kappa shape index (κ2) is 10.0. The minimum Gasteiger partial charge on any atom is -0.463 e. The van der Waals surface area contributed by atoms with Crippen LogP contribution in [0, 0.1) is 0 Å². The van der Waals surface area contributed by atoms with Crippen LogP contribution in [0.4, 0.5) is 0 Å². The Labute approximate surface area is 162 Å². The van der Waals surface area contributed by atoms with E-state index < -0.39 is 60.4 Å². The smallest absolute Gasteiger partial charge is 0.305 e. The monoisotopic (exact) mass is 403 g/mol. The molecule has 0 aliphatic carbocycles. The van der Waals surface area contributed by atoms with Gasteiger partial charge in [0.1, 0.15) is 18.8 Å². The number of carbonyl (C=O) groups excluding carboxylic acids is 5. The molecule has 1 aliphatic heterocycles. The third kappa shape index (κ3) is 6.48. The lowest BCUT2D eigenvalue weighted by atomic mass is 9.95. The fourth-order valence-electron chi connectivity index (χ4n) is 2.76. The van der Waals surface area contributed by atoms with Gasteiger partial charge in [-0.05, 0) is 0 Å². The predicted molar refractivity (Wildman–Crippen MR) is 90.4 cm³/mol. The molecule has 0 aromatic carbocycles. The van der Waals surface area contributed by atoms with Crippen LogP contribution in [0.2, 0.25) is 0 Å². The Morgan fingerprint density at radius 3 is 1.71 bits per heavy atom. The largest absolute Gasteiger partial charge is 0.463 e. The van der Waals surface area contributed by atoms with Gasteiger partial charge in [0.15, 0.2) is 12.2 Å². The van der Waals surface area contributed by atoms with Crippen molar-refractivity contribution in [1.82, 2.24) is 4.90 Å². The van der Waals surface area contributed by atoms with Gasteiger partial charge in [-0.25, -0.2) is 0 Å². The van der Waals surface area contributed by atoms with E-state index in [-0.39, 0.29) is 6.61 Å². The van der Waals surface area contributed by atoms with Crippen molar-refractivity contribution in [3.8, 4) is 0 Å². The molecule has 0 spiro atoms. The second-order valence-electron chi connectivity index (χ2n) is 6.22. The van der Waals surface area contributed by atoms with E-state index in [2.05, 4.69) is 0 Å². The molecule has 0 N–H and O–H groups in total. The number of esters is 4. The van der Waals surface area contributed by atoms with Gasteiger partial charge in [0.25, 0.3) is 0 Å². The number of hydrogen-bond donors (Lipinski definition) is 0. The van der Waals surface area contributed by atoms with Crippen LogP contribution in [0.5, 0.6) is 0 Å². The molecule has 158 valence electrons. The summed E-state index contributed by atoms with van der Waals surface area (Å²) in [4.78, 5) is 59.1. The Balaban J connectivity index is 3.39. The number of rotatable bonds is 6. The molecular weight excluding hydrogens is 378 g/mol. The highest BCUT2D eigenvalue weighted by Crippen LogP contribution is 2.30. The van der Waals surface area contributed by atoms with Crippen molar-refractivity contribution in [2.75, 3.05) is 13.7 Å².